The predicted molar refractivity (Wildman–Crippen MR) is 122 cm³/mol. The van der Waals surface area contributed by atoms with Crippen LogP contribution in [0.1, 0.15) is 32.7 Å². The number of thiophene rings is 1. The van der Waals surface area contributed by atoms with Gasteiger partial charge in [0, 0.05) is 17.0 Å². The number of benzene rings is 1. The van der Waals surface area contributed by atoms with Crippen molar-refractivity contribution in [1.29, 1.82) is 0 Å². The van der Waals surface area contributed by atoms with Crippen molar-refractivity contribution in [3.05, 3.63) is 62.8 Å². The number of aryl methyl sites for hydroxylation is 2. The van der Waals surface area contributed by atoms with E-state index in [1.807, 2.05) is 41.8 Å². The van der Waals surface area contributed by atoms with Gasteiger partial charge in [0.15, 0.2) is 6.61 Å². The maximum atomic E-state index is 12.4. The van der Waals surface area contributed by atoms with Gasteiger partial charge >= 0.3 is 12.0 Å². The number of hydrogen-bond acceptors (Lipinski definition) is 7. The van der Waals surface area contributed by atoms with E-state index >= 15 is 0 Å². The molecule has 0 aliphatic rings. The topological polar surface area (TPSA) is 97.4 Å². The van der Waals surface area contributed by atoms with E-state index in [0.29, 0.717) is 28.5 Å². The third-order valence-electron chi connectivity index (χ3n) is 4.42. The van der Waals surface area contributed by atoms with Crippen LogP contribution in [-0.4, -0.2) is 36.0 Å². The second-order valence-electron chi connectivity index (χ2n) is 6.69. The Morgan fingerprint density at radius 3 is 2.58 bits per heavy atom. The first-order valence-corrected chi connectivity index (χ1v) is 11.5. The highest BCUT2D eigenvalue weighted by molar-refractivity contribution is 7.17. The van der Waals surface area contributed by atoms with Crippen LogP contribution >= 0.6 is 22.7 Å². The van der Waals surface area contributed by atoms with Gasteiger partial charge in [0.25, 0.3) is 5.91 Å². The number of carbonyl (C=O) groups excluding carboxylic acids is 3. The van der Waals surface area contributed by atoms with E-state index in [2.05, 4.69) is 22.5 Å². The molecule has 0 saturated carbocycles. The van der Waals surface area contributed by atoms with Crippen molar-refractivity contribution in [2.75, 3.05) is 13.2 Å². The zero-order valence-electron chi connectivity index (χ0n) is 17.3. The molecule has 0 atom stereocenters. The van der Waals surface area contributed by atoms with Crippen LogP contribution in [0.4, 0.5) is 4.79 Å². The summed E-state index contributed by atoms with van der Waals surface area (Å²) in [5.74, 6) is -1.33. The van der Waals surface area contributed by atoms with Gasteiger partial charge in [-0.15, -0.1) is 22.7 Å². The van der Waals surface area contributed by atoms with Crippen molar-refractivity contribution in [1.82, 2.24) is 15.6 Å². The number of rotatable bonds is 8. The Bertz CT molecular complexity index is 1040. The minimum atomic E-state index is -0.695. The van der Waals surface area contributed by atoms with Gasteiger partial charge in [0.2, 0.25) is 0 Å². The standard InChI is InChI=1S/C22H23N3O4S2/c1-3-15-6-8-16(9-7-15)20-24-14(2)19(31-20)21(27)29-13-18(26)25-22(28)23-11-10-17-5-4-12-30-17/h4-9,12H,3,10-11,13H2,1-2H3,(H2,23,25,26,28). The number of nitrogens with zero attached hydrogens (tertiary/aromatic N) is 1. The molecule has 2 aromatic heterocycles. The zero-order valence-corrected chi connectivity index (χ0v) is 18.9. The minimum absolute atomic E-state index is 0.336. The van der Waals surface area contributed by atoms with Crippen LogP contribution in [0, 0.1) is 6.92 Å². The van der Waals surface area contributed by atoms with Crippen LogP contribution in [0.15, 0.2) is 41.8 Å². The van der Waals surface area contributed by atoms with Crippen LogP contribution in [0.3, 0.4) is 0 Å². The molecule has 0 bridgehead atoms. The summed E-state index contributed by atoms with van der Waals surface area (Å²) in [5, 5.41) is 7.42. The predicted octanol–water partition coefficient (Wildman–Crippen LogP) is 3.97. The molecule has 7 nitrogen and oxygen atoms in total. The summed E-state index contributed by atoms with van der Waals surface area (Å²) in [6.45, 7) is 3.66. The number of aromatic nitrogens is 1. The van der Waals surface area contributed by atoms with Gasteiger partial charge in [-0.25, -0.2) is 14.6 Å². The highest BCUT2D eigenvalue weighted by Crippen LogP contribution is 2.28. The summed E-state index contributed by atoms with van der Waals surface area (Å²) in [7, 11) is 0. The summed E-state index contributed by atoms with van der Waals surface area (Å²) < 4.78 is 5.06. The number of ether oxygens (including phenoxy) is 1. The molecule has 9 heteroatoms. The van der Waals surface area contributed by atoms with Crippen molar-refractivity contribution in [3.8, 4) is 10.6 Å². The Balaban J connectivity index is 1.46. The Morgan fingerprint density at radius 1 is 1.13 bits per heavy atom. The highest BCUT2D eigenvalue weighted by atomic mass is 32.1. The zero-order chi connectivity index (χ0) is 22.2. The number of hydrogen-bond donors (Lipinski definition) is 2. The Morgan fingerprint density at radius 2 is 1.90 bits per heavy atom. The molecule has 0 saturated heterocycles. The first kappa shape index (κ1) is 22.6. The minimum Gasteiger partial charge on any atom is -0.451 e. The van der Waals surface area contributed by atoms with E-state index in [0.717, 1.165) is 16.9 Å². The maximum absolute atomic E-state index is 12.4. The number of imide groups is 1. The Hall–Kier alpha value is -3.04. The molecule has 0 aliphatic heterocycles. The molecule has 0 fully saturated rings. The number of thiazole rings is 1. The molecule has 0 spiro atoms. The van der Waals surface area contributed by atoms with E-state index in [-0.39, 0.29) is 0 Å². The van der Waals surface area contributed by atoms with Gasteiger partial charge in [0.1, 0.15) is 9.88 Å². The number of amides is 3. The number of nitrogens with one attached hydrogen (secondary N) is 2. The van der Waals surface area contributed by atoms with Crippen LogP contribution in [-0.2, 0) is 22.4 Å². The number of esters is 1. The third kappa shape index (κ3) is 6.47. The lowest BCUT2D eigenvalue weighted by molar-refractivity contribution is -0.123. The fourth-order valence-corrected chi connectivity index (χ4v) is 4.42. The van der Waals surface area contributed by atoms with E-state index in [1.165, 1.54) is 16.9 Å². The number of urea groups is 1. The van der Waals surface area contributed by atoms with E-state index in [4.69, 9.17) is 4.74 Å². The van der Waals surface area contributed by atoms with Gasteiger partial charge in [0.05, 0.1) is 5.69 Å². The van der Waals surface area contributed by atoms with Gasteiger partial charge in [-0.05, 0) is 36.8 Å². The molecule has 2 N–H and O–H groups in total. The highest BCUT2D eigenvalue weighted by Gasteiger charge is 2.19. The van der Waals surface area contributed by atoms with Crippen LogP contribution in [0.5, 0.6) is 0 Å². The summed E-state index contributed by atoms with van der Waals surface area (Å²) in [4.78, 5) is 42.0. The molecule has 3 rings (SSSR count). The molecule has 0 unspecified atom stereocenters. The van der Waals surface area contributed by atoms with Crippen LogP contribution < -0.4 is 10.6 Å². The van der Waals surface area contributed by atoms with Crippen molar-refractivity contribution in [2.24, 2.45) is 0 Å². The first-order valence-electron chi connectivity index (χ1n) is 9.80. The van der Waals surface area contributed by atoms with E-state index in [9.17, 15) is 14.4 Å². The normalized spacial score (nSPS) is 10.5. The van der Waals surface area contributed by atoms with Crippen LogP contribution in [0.25, 0.3) is 10.6 Å². The van der Waals surface area contributed by atoms with Crippen molar-refractivity contribution in [2.45, 2.75) is 26.7 Å². The third-order valence-corrected chi connectivity index (χ3v) is 6.54. The Kier molecular flexibility index (Phi) is 7.91. The molecule has 0 aliphatic carbocycles. The van der Waals surface area contributed by atoms with Crippen molar-refractivity contribution >= 4 is 40.6 Å². The van der Waals surface area contributed by atoms with Crippen molar-refractivity contribution in [3.63, 3.8) is 0 Å². The fraction of sp³-hybridized carbons (Fsp3) is 0.273. The van der Waals surface area contributed by atoms with Gasteiger partial charge < -0.3 is 10.1 Å². The van der Waals surface area contributed by atoms with Crippen LogP contribution in [0.2, 0.25) is 0 Å². The maximum Gasteiger partial charge on any atom is 0.350 e. The summed E-state index contributed by atoms with van der Waals surface area (Å²) >= 11 is 2.81. The monoisotopic (exact) mass is 457 g/mol. The largest absolute Gasteiger partial charge is 0.451 e. The molecule has 3 amide bonds. The molecular formula is C22H23N3O4S2. The molecule has 3 aromatic rings. The molecule has 0 radical (unpaired) electrons. The van der Waals surface area contributed by atoms with Crippen molar-refractivity contribution < 1.29 is 19.1 Å². The van der Waals surface area contributed by atoms with Gasteiger partial charge in [-0.3, -0.25) is 10.1 Å². The SMILES string of the molecule is CCc1ccc(-c2nc(C)c(C(=O)OCC(=O)NC(=O)NCCc3cccs3)s2)cc1. The molecule has 162 valence electrons. The summed E-state index contributed by atoms with van der Waals surface area (Å²) in [6.07, 6.45) is 1.63. The molecule has 31 heavy (non-hydrogen) atoms. The molecular weight excluding hydrogens is 434 g/mol. The quantitative estimate of drug-likeness (QED) is 0.499. The van der Waals surface area contributed by atoms with Gasteiger partial charge in [-0.1, -0.05) is 37.3 Å². The second kappa shape index (κ2) is 10.8. The number of carbonyl (C=O) groups is 3. The Labute approximate surface area is 188 Å². The van der Waals surface area contributed by atoms with Gasteiger partial charge in [-0.2, -0.15) is 0 Å². The van der Waals surface area contributed by atoms with E-state index < -0.39 is 24.5 Å². The molecule has 1 aromatic carbocycles. The lowest BCUT2D eigenvalue weighted by atomic mass is 10.1. The molecule has 2 heterocycles. The lowest BCUT2D eigenvalue weighted by Gasteiger charge is -2.06. The second-order valence-corrected chi connectivity index (χ2v) is 8.72. The smallest absolute Gasteiger partial charge is 0.350 e. The first-order chi connectivity index (χ1) is 15.0. The summed E-state index contributed by atoms with van der Waals surface area (Å²) in [5.41, 5.74) is 2.68. The average molecular weight is 458 g/mol. The average Bonchev–Trinajstić information content (AvgIpc) is 3.42. The van der Waals surface area contributed by atoms with E-state index in [1.54, 1.807) is 18.3 Å². The lowest BCUT2D eigenvalue weighted by Crippen LogP contribution is -2.42. The fourth-order valence-electron chi connectivity index (χ4n) is 2.75. The summed E-state index contributed by atoms with van der Waals surface area (Å²) in [6, 6.07) is 11.3.